The monoisotopic (exact) mass is 356 g/mol. The van der Waals surface area contributed by atoms with Gasteiger partial charge >= 0.3 is 0 Å². The average molecular weight is 356 g/mol. The molecule has 0 saturated carbocycles. The summed E-state index contributed by atoms with van der Waals surface area (Å²) in [5.41, 5.74) is 3.81. The van der Waals surface area contributed by atoms with E-state index in [2.05, 4.69) is 4.98 Å². The first-order chi connectivity index (χ1) is 12.4. The Labute approximate surface area is 155 Å². The Morgan fingerprint density at radius 3 is 2.35 bits per heavy atom. The van der Waals surface area contributed by atoms with Gasteiger partial charge in [0.05, 0.1) is 6.61 Å². The number of amides is 1. The summed E-state index contributed by atoms with van der Waals surface area (Å²) in [6.45, 7) is 8.51. The van der Waals surface area contributed by atoms with E-state index in [4.69, 9.17) is 4.74 Å². The number of hydrogen-bond donors (Lipinski definition) is 1. The van der Waals surface area contributed by atoms with Gasteiger partial charge in [-0.1, -0.05) is 25.5 Å². The summed E-state index contributed by atoms with van der Waals surface area (Å²) in [5, 5.41) is 0. The largest absolute Gasteiger partial charge is 0.494 e. The molecule has 2 rings (SSSR count). The third-order valence-corrected chi connectivity index (χ3v) is 4.36. The van der Waals surface area contributed by atoms with Crippen LogP contribution in [0.15, 0.2) is 24.3 Å². The van der Waals surface area contributed by atoms with Crippen LogP contribution < -0.4 is 4.74 Å². The number of carbonyl (C=O) groups excluding carboxylic acids is 2. The second-order valence-corrected chi connectivity index (χ2v) is 6.52. The molecular weight excluding hydrogens is 328 g/mol. The maximum absolute atomic E-state index is 13.0. The van der Waals surface area contributed by atoms with Crippen molar-refractivity contribution in [3.8, 4) is 5.75 Å². The van der Waals surface area contributed by atoms with Gasteiger partial charge in [-0.15, -0.1) is 0 Å². The third-order valence-electron chi connectivity index (χ3n) is 4.36. The van der Waals surface area contributed by atoms with E-state index in [1.807, 2.05) is 45.0 Å². The van der Waals surface area contributed by atoms with Crippen molar-refractivity contribution in [3.63, 3.8) is 0 Å². The van der Waals surface area contributed by atoms with Crippen molar-refractivity contribution in [2.75, 3.05) is 13.7 Å². The van der Waals surface area contributed by atoms with Crippen LogP contribution in [0.2, 0.25) is 0 Å². The molecule has 0 saturated heterocycles. The van der Waals surface area contributed by atoms with E-state index in [-0.39, 0.29) is 11.7 Å². The summed E-state index contributed by atoms with van der Waals surface area (Å²) in [7, 11) is 1.78. The van der Waals surface area contributed by atoms with Gasteiger partial charge in [0.25, 0.3) is 5.91 Å². The molecule has 5 heteroatoms. The lowest BCUT2D eigenvalue weighted by atomic mass is 10.0. The van der Waals surface area contributed by atoms with E-state index in [9.17, 15) is 9.59 Å². The minimum atomic E-state index is -0.0991. The van der Waals surface area contributed by atoms with Gasteiger partial charge in [-0.3, -0.25) is 9.59 Å². The normalized spacial score (nSPS) is 10.7. The summed E-state index contributed by atoms with van der Waals surface area (Å²) in [6.07, 6.45) is 1.58. The second-order valence-electron chi connectivity index (χ2n) is 6.52. The summed E-state index contributed by atoms with van der Waals surface area (Å²) in [4.78, 5) is 29.8. The van der Waals surface area contributed by atoms with Crippen LogP contribution in [-0.2, 0) is 13.0 Å². The fourth-order valence-corrected chi connectivity index (χ4v) is 3.23. The SMILES string of the molecule is CCCc1c(C(=O)N(C)Cc2ccc(OCC)cc2)[nH]c(C)c1C(C)=O. The van der Waals surface area contributed by atoms with E-state index in [0.717, 1.165) is 29.0 Å². The van der Waals surface area contributed by atoms with Crippen molar-refractivity contribution in [1.29, 1.82) is 0 Å². The number of Topliss-reactive ketones (excluding diaryl/α,β-unsaturated/α-hetero) is 1. The van der Waals surface area contributed by atoms with Crippen LogP contribution in [-0.4, -0.2) is 35.2 Å². The predicted molar refractivity (Wildman–Crippen MR) is 103 cm³/mol. The molecule has 140 valence electrons. The van der Waals surface area contributed by atoms with Crippen LogP contribution in [0.25, 0.3) is 0 Å². The lowest BCUT2D eigenvalue weighted by Gasteiger charge is -2.18. The van der Waals surface area contributed by atoms with Gasteiger partial charge in [0, 0.05) is 24.8 Å². The topological polar surface area (TPSA) is 62.4 Å². The van der Waals surface area contributed by atoms with Crippen molar-refractivity contribution < 1.29 is 14.3 Å². The minimum Gasteiger partial charge on any atom is -0.494 e. The minimum absolute atomic E-state index is 0.00424. The molecular formula is C21H28N2O3. The number of benzene rings is 1. The number of H-pyrrole nitrogens is 1. The van der Waals surface area contributed by atoms with Crippen LogP contribution in [0.1, 0.15) is 64.9 Å². The van der Waals surface area contributed by atoms with Crippen molar-refractivity contribution in [2.45, 2.75) is 47.1 Å². The smallest absolute Gasteiger partial charge is 0.270 e. The molecule has 0 spiro atoms. The molecule has 5 nitrogen and oxygen atoms in total. The van der Waals surface area contributed by atoms with Crippen molar-refractivity contribution in [1.82, 2.24) is 9.88 Å². The molecule has 0 aliphatic rings. The molecule has 0 aliphatic carbocycles. The summed E-state index contributed by atoms with van der Waals surface area (Å²) >= 11 is 0. The Balaban J connectivity index is 2.22. The molecule has 0 aliphatic heterocycles. The number of aromatic amines is 1. The van der Waals surface area contributed by atoms with Crippen LogP contribution in [0.5, 0.6) is 5.75 Å². The first kappa shape index (κ1) is 19.8. The maximum atomic E-state index is 13.0. The van der Waals surface area contributed by atoms with Gasteiger partial charge in [0.2, 0.25) is 0 Å². The summed E-state index contributed by atoms with van der Waals surface area (Å²) < 4.78 is 5.45. The van der Waals surface area contributed by atoms with Crippen molar-refractivity contribution >= 4 is 11.7 Å². The number of rotatable bonds is 8. The van der Waals surface area contributed by atoms with E-state index in [0.29, 0.717) is 30.8 Å². The lowest BCUT2D eigenvalue weighted by Crippen LogP contribution is -2.27. The predicted octanol–water partition coefficient (Wildman–Crippen LogP) is 4.15. The first-order valence-corrected chi connectivity index (χ1v) is 9.08. The first-order valence-electron chi connectivity index (χ1n) is 9.08. The number of hydrogen-bond acceptors (Lipinski definition) is 3. The number of nitrogens with one attached hydrogen (secondary N) is 1. The number of aromatic nitrogens is 1. The number of ketones is 1. The Bertz CT molecular complexity index is 775. The Morgan fingerprint density at radius 1 is 1.15 bits per heavy atom. The number of ether oxygens (including phenoxy) is 1. The second kappa shape index (κ2) is 8.70. The highest BCUT2D eigenvalue weighted by atomic mass is 16.5. The Hall–Kier alpha value is -2.56. The molecule has 1 amide bonds. The van der Waals surface area contributed by atoms with Gasteiger partial charge < -0.3 is 14.6 Å². The van der Waals surface area contributed by atoms with E-state index < -0.39 is 0 Å². The zero-order chi connectivity index (χ0) is 19.3. The maximum Gasteiger partial charge on any atom is 0.270 e. The quantitative estimate of drug-likeness (QED) is 0.723. The molecule has 1 aromatic heterocycles. The summed E-state index contributed by atoms with van der Waals surface area (Å²) in [6, 6.07) is 7.74. The Kier molecular flexibility index (Phi) is 6.61. The zero-order valence-corrected chi connectivity index (χ0v) is 16.3. The molecule has 0 unspecified atom stereocenters. The lowest BCUT2D eigenvalue weighted by molar-refractivity contribution is 0.0778. The fourth-order valence-electron chi connectivity index (χ4n) is 3.23. The highest BCUT2D eigenvalue weighted by Gasteiger charge is 2.24. The van der Waals surface area contributed by atoms with Crippen molar-refractivity contribution in [2.24, 2.45) is 0 Å². The molecule has 0 radical (unpaired) electrons. The molecule has 1 heterocycles. The van der Waals surface area contributed by atoms with Crippen LogP contribution >= 0.6 is 0 Å². The number of aryl methyl sites for hydroxylation is 1. The van der Waals surface area contributed by atoms with Gasteiger partial charge in [0.15, 0.2) is 5.78 Å². The molecule has 1 aromatic carbocycles. The average Bonchev–Trinajstić information content (AvgIpc) is 2.93. The van der Waals surface area contributed by atoms with Gasteiger partial charge in [0.1, 0.15) is 11.4 Å². The Morgan fingerprint density at radius 2 is 1.81 bits per heavy atom. The van der Waals surface area contributed by atoms with E-state index in [1.165, 1.54) is 0 Å². The molecule has 1 N–H and O–H groups in total. The molecule has 2 aromatic rings. The van der Waals surface area contributed by atoms with Gasteiger partial charge in [-0.2, -0.15) is 0 Å². The van der Waals surface area contributed by atoms with Crippen LogP contribution in [0.3, 0.4) is 0 Å². The van der Waals surface area contributed by atoms with Crippen LogP contribution in [0, 0.1) is 6.92 Å². The molecule has 26 heavy (non-hydrogen) atoms. The standard InChI is InChI=1S/C21H28N2O3/c1-6-8-18-19(15(4)24)14(3)22-20(18)21(25)23(5)13-16-9-11-17(12-10-16)26-7-2/h9-12,22H,6-8,13H2,1-5H3. The third kappa shape index (κ3) is 4.34. The number of nitrogens with zero attached hydrogens (tertiary/aromatic N) is 1. The van der Waals surface area contributed by atoms with E-state index >= 15 is 0 Å². The van der Waals surface area contributed by atoms with Gasteiger partial charge in [-0.25, -0.2) is 0 Å². The number of carbonyl (C=O) groups is 2. The molecule has 0 fully saturated rings. The highest BCUT2D eigenvalue weighted by molar-refractivity contribution is 6.02. The summed E-state index contributed by atoms with van der Waals surface area (Å²) in [5.74, 6) is 0.718. The highest BCUT2D eigenvalue weighted by Crippen LogP contribution is 2.23. The van der Waals surface area contributed by atoms with Crippen molar-refractivity contribution in [3.05, 3.63) is 52.3 Å². The molecule has 0 bridgehead atoms. The zero-order valence-electron chi connectivity index (χ0n) is 16.3. The van der Waals surface area contributed by atoms with Gasteiger partial charge in [-0.05, 0) is 50.5 Å². The molecule has 0 atom stereocenters. The van der Waals surface area contributed by atoms with Crippen LogP contribution in [0.4, 0.5) is 0 Å². The van der Waals surface area contributed by atoms with E-state index in [1.54, 1.807) is 18.9 Å². The fraction of sp³-hybridized carbons (Fsp3) is 0.429.